The smallest absolute Gasteiger partial charge is 0.0899 e. The van der Waals surface area contributed by atoms with Gasteiger partial charge in [0.05, 0.1) is 6.67 Å². The molecule has 2 aliphatic carbocycles. The highest BCUT2D eigenvalue weighted by Gasteiger charge is 2.23. The van der Waals surface area contributed by atoms with Crippen LogP contribution in [0.1, 0.15) is 12.8 Å². The van der Waals surface area contributed by atoms with Gasteiger partial charge in [-0.05, 0) is 12.2 Å². The van der Waals surface area contributed by atoms with Crippen molar-refractivity contribution < 1.29 is 0 Å². The molecule has 0 aromatic carbocycles. The zero-order valence-corrected chi connectivity index (χ0v) is 8.89. The number of rotatable bonds is 2. The van der Waals surface area contributed by atoms with Gasteiger partial charge in [-0.1, -0.05) is 24.3 Å². The van der Waals surface area contributed by atoms with E-state index < -0.39 is 0 Å². The van der Waals surface area contributed by atoms with Crippen LogP contribution >= 0.6 is 0 Å². The second kappa shape index (κ2) is 3.61. The molecule has 0 N–H and O–H groups in total. The molecule has 78 valence electrons. The van der Waals surface area contributed by atoms with Gasteiger partial charge in [0.15, 0.2) is 0 Å². The molecule has 3 aliphatic rings. The topological polar surface area (TPSA) is 6.48 Å². The number of nitrogens with zero attached hydrogens (tertiary/aromatic N) is 2. The first-order valence-electron chi connectivity index (χ1n) is 5.65. The standard InChI is InChI=1S/C13H16N2/c1-2-6-12(5-1)14-9-10-15(11-14)13-7-3-4-8-13/h1-5,7H,6,8-11H2. The normalized spacial score (nSPS) is 24.0. The SMILES string of the molecule is C1=CCC(N2CCN(C3=CC=CC3)C2)=C1. The summed E-state index contributed by atoms with van der Waals surface area (Å²) in [5.74, 6) is 0. The molecule has 2 nitrogen and oxygen atoms in total. The van der Waals surface area contributed by atoms with Crippen molar-refractivity contribution in [2.75, 3.05) is 19.8 Å². The summed E-state index contributed by atoms with van der Waals surface area (Å²) in [5, 5.41) is 0. The molecule has 2 heteroatoms. The lowest BCUT2D eigenvalue weighted by Gasteiger charge is -2.22. The molecule has 1 fully saturated rings. The van der Waals surface area contributed by atoms with Gasteiger partial charge in [-0.2, -0.15) is 0 Å². The number of allylic oxidation sites excluding steroid dienone is 6. The van der Waals surface area contributed by atoms with Crippen LogP contribution in [0.25, 0.3) is 0 Å². The van der Waals surface area contributed by atoms with E-state index >= 15 is 0 Å². The minimum Gasteiger partial charge on any atom is -0.355 e. The Morgan fingerprint density at radius 1 is 0.800 bits per heavy atom. The lowest BCUT2D eigenvalue weighted by atomic mass is 10.3. The van der Waals surface area contributed by atoms with E-state index in [1.165, 1.54) is 24.5 Å². The van der Waals surface area contributed by atoms with Gasteiger partial charge in [0, 0.05) is 37.3 Å². The Balaban J connectivity index is 1.63. The van der Waals surface area contributed by atoms with Gasteiger partial charge in [-0.25, -0.2) is 0 Å². The fraction of sp³-hybridized carbons (Fsp3) is 0.385. The maximum Gasteiger partial charge on any atom is 0.0899 e. The summed E-state index contributed by atoms with van der Waals surface area (Å²) < 4.78 is 0. The van der Waals surface area contributed by atoms with E-state index in [1.54, 1.807) is 0 Å². The lowest BCUT2D eigenvalue weighted by molar-refractivity contribution is 0.324. The van der Waals surface area contributed by atoms with Gasteiger partial charge in [0.1, 0.15) is 0 Å². The Bertz CT molecular complexity index is 338. The molecule has 1 heterocycles. The highest BCUT2D eigenvalue weighted by atomic mass is 15.4. The fourth-order valence-corrected chi connectivity index (χ4v) is 2.40. The third kappa shape index (κ3) is 1.60. The zero-order valence-electron chi connectivity index (χ0n) is 8.89. The van der Waals surface area contributed by atoms with Crippen LogP contribution in [0.15, 0.2) is 47.9 Å². The monoisotopic (exact) mass is 200 g/mol. The van der Waals surface area contributed by atoms with Crippen LogP contribution in [0.5, 0.6) is 0 Å². The average Bonchev–Trinajstić information content (AvgIpc) is 3.02. The molecule has 3 rings (SSSR count). The first-order chi connectivity index (χ1) is 7.43. The van der Waals surface area contributed by atoms with E-state index in [2.05, 4.69) is 46.3 Å². The second-order valence-corrected chi connectivity index (χ2v) is 4.25. The minimum absolute atomic E-state index is 1.07. The number of hydrogen-bond acceptors (Lipinski definition) is 2. The van der Waals surface area contributed by atoms with Crippen molar-refractivity contribution in [3.8, 4) is 0 Å². The number of hydrogen-bond donors (Lipinski definition) is 0. The molecule has 0 unspecified atom stereocenters. The molecule has 15 heavy (non-hydrogen) atoms. The quantitative estimate of drug-likeness (QED) is 0.674. The lowest BCUT2D eigenvalue weighted by Crippen LogP contribution is -2.23. The van der Waals surface area contributed by atoms with E-state index in [0.717, 1.165) is 19.5 Å². The van der Waals surface area contributed by atoms with Crippen LogP contribution in [0.4, 0.5) is 0 Å². The van der Waals surface area contributed by atoms with Crippen molar-refractivity contribution in [3.05, 3.63) is 47.9 Å². The second-order valence-electron chi connectivity index (χ2n) is 4.25. The van der Waals surface area contributed by atoms with Gasteiger partial charge in [0.2, 0.25) is 0 Å². The summed E-state index contributed by atoms with van der Waals surface area (Å²) in [6, 6.07) is 0. The van der Waals surface area contributed by atoms with Crippen LogP contribution in [0.2, 0.25) is 0 Å². The molecular weight excluding hydrogens is 184 g/mol. The summed E-state index contributed by atoms with van der Waals surface area (Å²) >= 11 is 0. The highest BCUT2D eigenvalue weighted by Crippen LogP contribution is 2.24. The van der Waals surface area contributed by atoms with Crippen LogP contribution in [0, 0.1) is 0 Å². The molecule has 0 aromatic heterocycles. The third-order valence-electron chi connectivity index (χ3n) is 3.30. The largest absolute Gasteiger partial charge is 0.355 e. The summed E-state index contributed by atoms with van der Waals surface area (Å²) in [5.41, 5.74) is 2.95. The van der Waals surface area contributed by atoms with E-state index in [9.17, 15) is 0 Å². The molecule has 0 bridgehead atoms. The van der Waals surface area contributed by atoms with Crippen molar-refractivity contribution in [1.82, 2.24) is 9.80 Å². The highest BCUT2D eigenvalue weighted by molar-refractivity contribution is 5.25. The third-order valence-corrected chi connectivity index (χ3v) is 3.30. The van der Waals surface area contributed by atoms with Crippen molar-refractivity contribution in [2.24, 2.45) is 0 Å². The molecule has 0 radical (unpaired) electrons. The summed E-state index contributed by atoms with van der Waals surface area (Å²) in [6.45, 7) is 3.41. The average molecular weight is 200 g/mol. The van der Waals surface area contributed by atoms with Crippen LogP contribution in [-0.2, 0) is 0 Å². The van der Waals surface area contributed by atoms with Gasteiger partial charge >= 0.3 is 0 Å². The van der Waals surface area contributed by atoms with E-state index in [4.69, 9.17) is 0 Å². The Morgan fingerprint density at radius 2 is 1.33 bits per heavy atom. The zero-order chi connectivity index (χ0) is 10.1. The molecule has 1 saturated heterocycles. The van der Waals surface area contributed by atoms with Crippen molar-refractivity contribution >= 4 is 0 Å². The van der Waals surface area contributed by atoms with Crippen LogP contribution in [0.3, 0.4) is 0 Å². The molecular formula is C13H16N2. The molecule has 0 amide bonds. The van der Waals surface area contributed by atoms with E-state index in [0.29, 0.717) is 0 Å². The Kier molecular flexibility index (Phi) is 2.13. The fourth-order valence-electron chi connectivity index (χ4n) is 2.40. The van der Waals surface area contributed by atoms with Crippen molar-refractivity contribution in [1.29, 1.82) is 0 Å². The minimum atomic E-state index is 1.07. The molecule has 0 aromatic rings. The van der Waals surface area contributed by atoms with Gasteiger partial charge in [-0.15, -0.1) is 0 Å². The van der Waals surface area contributed by atoms with Gasteiger partial charge in [-0.3, -0.25) is 0 Å². The van der Waals surface area contributed by atoms with Crippen LogP contribution in [-0.4, -0.2) is 29.6 Å². The van der Waals surface area contributed by atoms with Gasteiger partial charge < -0.3 is 9.80 Å². The Hall–Kier alpha value is -1.44. The predicted octanol–water partition coefficient (Wildman–Crippen LogP) is 2.25. The molecule has 0 spiro atoms. The first-order valence-corrected chi connectivity index (χ1v) is 5.65. The van der Waals surface area contributed by atoms with Crippen molar-refractivity contribution in [3.63, 3.8) is 0 Å². The molecule has 1 aliphatic heterocycles. The Labute approximate surface area is 90.9 Å². The van der Waals surface area contributed by atoms with Crippen molar-refractivity contribution in [2.45, 2.75) is 12.8 Å². The van der Waals surface area contributed by atoms with E-state index in [-0.39, 0.29) is 0 Å². The summed E-state index contributed by atoms with van der Waals surface area (Å²) in [4.78, 5) is 4.97. The summed E-state index contributed by atoms with van der Waals surface area (Å²) in [7, 11) is 0. The van der Waals surface area contributed by atoms with Crippen LogP contribution < -0.4 is 0 Å². The summed E-state index contributed by atoms with van der Waals surface area (Å²) in [6.07, 6.45) is 15.5. The maximum atomic E-state index is 2.49. The first kappa shape index (κ1) is 8.84. The molecule has 0 atom stereocenters. The predicted molar refractivity (Wildman–Crippen MR) is 62.0 cm³/mol. The van der Waals surface area contributed by atoms with Gasteiger partial charge in [0.25, 0.3) is 0 Å². The maximum absolute atomic E-state index is 2.49. The Morgan fingerprint density at radius 3 is 1.73 bits per heavy atom. The van der Waals surface area contributed by atoms with E-state index in [1.807, 2.05) is 0 Å². The molecule has 0 saturated carbocycles.